The molecule has 0 bridgehead atoms. The lowest BCUT2D eigenvalue weighted by molar-refractivity contribution is -0.137. The third kappa shape index (κ3) is 3.21. The van der Waals surface area contributed by atoms with E-state index in [-0.39, 0.29) is 11.8 Å². The minimum Gasteiger partial charge on any atom is -0.339 e. The average Bonchev–Trinajstić information content (AvgIpc) is 3.28. The van der Waals surface area contributed by atoms with Crippen LogP contribution in [0.5, 0.6) is 0 Å². The second-order valence-electron chi connectivity index (χ2n) is 7.68. The van der Waals surface area contributed by atoms with Crippen molar-refractivity contribution in [1.29, 1.82) is 0 Å². The quantitative estimate of drug-likeness (QED) is 0.509. The highest BCUT2D eigenvalue weighted by Gasteiger charge is 2.36. The molecule has 0 saturated carbocycles. The smallest absolute Gasteiger partial charge is 0.339 e. The van der Waals surface area contributed by atoms with E-state index in [4.69, 9.17) is 4.52 Å². The first kappa shape index (κ1) is 18.7. The van der Waals surface area contributed by atoms with E-state index in [1.54, 1.807) is 30.3 Å². The van der Waals surface area contributed by atoms with Gasteiger partial charge in [0.15, 0.2) is 0 Å². The summed E-state index contributed by atoms with van der Waals surface area (Å²) in [6, 6.07) is 9.80. The molecule has 1 aliphatic carbocycles. The lowest BCUT2D eigenvalue weighted by Crippen LogP contribution is -2.09. The van der Waals surface area contributed by atoms with E-state index in [9.17, 15) is 13.2 Å². The Morgan fingerprint density at radius 3 is 2.32 bits per heavy atom. The number of hydrogen-bond donors (Lipinski definition) is 0. The Labute approximate surface area is 161 Å². The third-order valence-corrected chi connectivity index (χ3v) is 5.38. The van der Waals surface area contributed by atoms with Gasteiger partial charge in [-0.3, -0.25) is 0 Å². The van der Waals surface area contributed by atoms with E-state index in [1.807, 2.05) is 13.8 Å². The number of halogens is 3. The SMILES string of the molecule is CC(C)c1nc(-c2ccc(-c3c(C(F)(F)F)ccc4c3CC[C@H]4C)cc2)no1. The highest BCUT2D eigenvalue weighted by Crippen LogP contribution is 2.45. The minimum atomic E-state index is -4.39. The summed E-state index contributed by atoms with van der Waals surface area (Å²) >= 11 is 0. The molecule has 3 nitrogen and oxygen atoms in total. The lowest BCUT2D eigenvalue weighted by atomic mass is 9.90. The molecule has 1 heterocycles. The molecule has 0 fully saturated rings. The fourth-order valence-corrected chi connectivity index (χ4v) is 3.85. The van der Waals surface area contributed by atoms with Crippen molar-refractivity contribution in [3.63, 3.8) is 0 Å². The second-order valence-corrected chi connectivity index (χ2v) is 7.68. The van der Waals surface area contributed by atoms with Crippen molar-refractivity contribution in [3.8, 4) is 22.5 Å². The number of aromatic nitrogens is 2. The molecule has 4 rings (SSSR count). The Morgan fingerprint density at radius 2 is 1.71 bits per heavy atom. The number of benzene rings is 2. The Hall–Kier alpha value is -2.63. The summed E-state index contributed by atoms with van der Waals surface area (Å²) < 4.78 is 46.3. The first-order valence-corrected chi connectivity index (χ1v) is 9.43. The number of rotatable bonds is 3. The van der Waals surface area contributed by atoms with Gasteiger partial charge < -0.3 is 4.52 Å². The Bertz CT molecular complexity index is 1000. The minimum absolute atomic E-state index is 0.115. The summed E-state index contributed by atoms with van der Waals surface area (Å²) in [5.74, 6) is 1.37. The summed E-state index contributed by atoms with van der Waals surface area (Å²) in [6.45, 7) is 5.97. The largest absolute Gasteiger partial charge is 0.417 e. The Kier molecular flexibility index (Phi) is 4.52. The first-order valence-electron chi connectivity index (χ1n) is 9.43. The Balaban J connectivity index is 1.79. The lowest BCUT2D eigenvalue weighted by Gasteiger charge is -2.18. The summed E-state index contributed by atoms with van der Waals surface area (Å²) in [5, 5.41) is 3.97. The highest BCUT2D eigenvalue weighted by molar-refractivity contribution is 5.76. The molecule has 1 aromatic heterocycles. The van der Waals surface area contributed by atoms with E-state index in [0.717, 1.165) is 17.5 Å². The molecule has 0 amide bonds. The summed E-state index contributed by atoms with van der Waals surface area (Å²) in [5.41, 5.74) is 2.85. The van der Waals surface area contributed by atoms with Gasteiger partial charge in [0.05, 0.1) is 5.56 Å². The zero-order valence-electron chi connectivity index (χ0n) is 16.0. The van der Waals surface area contributed by atoms with Crippen molar-refractivity contribution in [3.05, 3.63) is 59.0 Å². The van der Waals surface area contributed by atoms with Gasteiger partial charge in [-0.15, -0.1) is 0 Å². The molecular formula is C22H21F3N2O. The molecule has 0 unspecified atom stereocenters. The van der Waals surface area contributed by atoms with E-state index < -0.39 is 11.7 Å². The van der Waals surface area contributed by atoms with Crippen LogP contribution in [0.2, 0.25) is 0 Å². The zero-order valence-corrected chi connectivity index (χ0v) is 16.0. The van der Waals surface area contributed by atoms with E-state index in [2.05, 4.69) is 17.1 Å². The van der Waals surface area contributed by atoms with Gasteiger partial charge in [0.2, 0.25) is 11.7 Å². The van der Waals surface area contributed by atoms with Crippen molar-refractivity contribution in [2.24, 2.45) is 0 Å². The number of fused-ring (bicyclic) bond motifs is 1. The number of alkyl halides is 3. The molecule has 0 radical (unpaired) electrons. The van der Waals surface area contributed by atoms with Crippen molar-refractivity contribution >= 4 is 0 Å². The molecule has 1 aliphatic rings. The van der Waals surface area contributed by atoms with Crippen LogP contribution in [0.15, 0.2) is 40.9 Å². The van der Waals surface area contributed by atoms with Crippen molar-refractivity contribution in [2.75, 3.05) is 0 Å². The number of nitrogens with zero attached hydrogens (tertiary/aromatic N) is 2. The molecule has 0 aliphatic heterocycles. The molecule has 3 aromatic rings. The Morgan fingerprint density at radius 1 is 1.04 bits per heavy atom. The van der Waals surface area contributed by atoms with Crippen LogP contribution < -0.4 is 0 Å². The van der Waals surface area contributed by atoms with Crippen LogP contribution in [0.4, 0.5) is 13.2 Å². The van der Waals surface area contributed by atoms with Crippen LogP contribution in [0.1, 0.15) is 61.6 Å². The second kappa shape index (κ2) is 6.76. The topological polar surface area (TPSA) is 38.9 Å². The predicted octanol–water partition coefficient (Wildman–Crippen LogP) is 6.60. The molecular weight excluding hydrogens is 365 g/mol. The summed E-state index contributed by atoms with van der Waals surface area (Å²) in [4.78, 5) is 4.35. The fraction of sp³-hybridized carbons (Fsp3) is 0.364. The van der Waals surface area contributed by atoms with Crippen LogP contribution in [-0.4, -0.2) is 10.1 Å². The van der Waals surface area contributed by atoms with E-state index in [1.165, 1.54) is 6.07 Å². The maximum absolute atomic E-state index is 13.7. The molecule has 146 valence electrons. The van der Waals surface area contributed by atoms with Gasteiger partial charge >= 0.3 is 6.18 Å². The van der Waals surface area contributed by atoms with Crippen LogP contribution >= 0.6 is 0 Å². The van der Waals surface area contributed by atoms with Gasteiger partial charge in [-0.25, -0.2) is 0 Å². The third-order valence-electron chi connectivity index (χ3n) is 5.38. The van der Waals surface area contributed by atoms with Crippen molar-refractivity contribution in [1.82, 2.24) is 10.1 Å². The predicted molar refractivity (Wildman–Crippen MR) is 101 cm³/mol. The molecule has 2 aromatic carbocycles. The monoisotopic (exact) mass is 386 g/mol. The van der Waals surface area contributed by atoms with Gasteiger partial charge in [-0.2, -0.15) is 18.2 Å². The van der Waals surface area contributed by atoms with Crippen LogP contribution in [-0.2, 0) is 12.6 Å². The van der Waals surface area contributed by atoms with Crippen LogP contribution in [0.3, 0.4) is 0 Å². The van der Waals surface area contributed by atoms with Crippen molar-refractivity contribution < 1.29 is 17.7 Å². The fourth-order valence-electron chi connectivity index (χ4n) is 3.85. The summed E-state index contributed by atoms with van der Waals surface area (Å²) in [6.07, 6.45) is -2.85. The van der Waals surface area contributed by atoms with Gasteiger partial charge in [-0.1, -0.05) is 56.3 Å². The van der Waals surface area contributed by atoms with Crippen LogP contribution in [0.25, 0.3) is 22.5 Å². The van der Waals surface area contributed by atoms with Gasteiger partial charge in [0.1, 0.15) is 0 Å². The maximum Gasteiger partial charge on any atom is 0.417 e. The maximum atomic E-state index is 13.7. The first-order chi connectivity index (χ1) is 13.3. The average molecular weight is 386 g/mol. The molecule has 6 heteroatoms. The van der Waals surface area contributed by atoms with E-state index in [0.29, 0.717) is 34.8 Å². The van der Waals surface area contributed by atoms with Gasteiger partial charge in [-0.05, 0) is 47.1 Å². The zero-order chi connectivity index (χ0) is 20.1. The molecule has 0 saturated heterocycles. The van der Waals surface area contributed by atoms with Crippen LogP contribution in [0, 0.1) is 0 Å². The molecule has 0 N–H and O–H groups in total. The number of hydrogen-bond acceptors (Lipinski definition) is 3. The summed E-state index contributed by atoms with van der Waals surface area (Å²) in [7, 11) is 0. The normalized spacial score (nSPS) is 16.6. The van der Waals surface area contributed by atoms with Crippen molar-refractivity contribution in [2.45, 2.75) is 51.6 Å². The molecule has 28 heavy (non-hydrogen) atoms. The van der Waals surface area contributed by atoms with Gasteiger partial charge in [0.25, 0.3) is 0 Å². The molecule has 0 spiro atoms. The standard InChI is InChI=1S/C22H21F3N2O/c1-12(2)21-26-20(27-28-21)15-7-5-14(6-8-15)19-17-9-4-13(3)16(17)10-11-18(19)22(23,24)25/h5-8,10-13H,4,9H2,1-3H3/t13-/m1/s1. The molecule has 1 atom stereocenters. The van der Waals surface area contributed by atoms with E-state index >= 15 is 0 Å². The van der Waals surface area contributed by atoms with Gasteiger partial charge in [0, 0.05) is 11.5 Å². The highest BCUT2D eigenvalue weighted by atomic mass is 19.4.